The van der Waals surface area contributed by atoms with Gasteiger partial charge in [-0.05, 0) is 12.0 Å². The number of hydrogen-bond acceptors (Lipinski definition) is 2. The zero-order valence-electron chi connectivity index (χ0n) is 8.12. The maximum absolute atomic E-state index is 11.6. The number of hydrogen-bond donors (Lipinski definition) is 1. The first-order chi connectivity index (χ1) is 6.77. The number of amides is 1. The molecule has 0 spiro atoms. The van der Waals surface area contributed by atoms with Gasteiger partial charge in [0.25, 0.3) is 0 Å². The summed E-state index contributed by atoms with van der Waals surface area (Å²) in [5.74, 6) is 1.10. The third kappa shape index (κ3) is 1.77. The van der Waals surface area contributed by atoms with Gasteiger partial charge in [0.15, 0.2) is 0 Å². The zero-order valence-corrected chi connectivity index (χ0v) is 8.93. The summed E-state index contributed by atoms with van der Waals surface area (Å²) in [5.41, 5.74) is 1.24. The molecule has 1 aromatic carbocycles. The van der Waals surface area contributed by atoms with E-state index in [1.165, 1.54) is 5.56 Å². The van der Waals surface area contributed by atoms with E-state index >= 15 is 0 Å². The number of thioether (sulfide) groups is 1. The number of benzene rings is 1. The standard InChI is InChI=1S/C11H13NOS/c1-12-10(13)11(8-14-11)7-9-5-3-2-4-6-9/h2-6H,7-8H2,1H3,(H,12,13)/t11-/m1/s1. The molecular weight excluding hydrogens is 194 g/mol. The summed E-state index contributed by atoms with van der Waals surface area (Å²) in [4.78, 5) is 11.6. The first-order valence-electron chi connectivity index (χ1n) is 4.67. The van der Waals surface area contributed by atoms with Crippen molar-refractivity contribution in [3.8, 4) is 0 Å². The maximum atomic E-state index is 11.6. The van der Waals surface area contributed by atoms with Gasteiger partial charge >= 0.3 is 0 Å². The summed E-state index contributed by atoms with van der Waals surface area (Å²) in [7, 11) is 1.70. The van der Waals surface area contributed by atoms with Gasteiger partial charge < -0.3 is 5.32 Å². The lowest BCUT2D eigenvalue weighted by atomic mass is 10.0. The van der Waals surface area contributed by atoms with Crippen LogP contribution < -0.4 is 5.32 Å². The lowest BCUT2D eigenvalue weighted by Crippen LogP contribution is -2.35. The summed E-state index contributed by atoms with van der Waals surface area (Å²) < 4.78 is -0.171. The van der Waals surface area contributed by atoms with Gasteiger partial charge in [0.1, 0.15) is 4.75 Å². The van der Waals surface area contributed by atoms with Crippen molar-refractivity contribution in [2.24, 2.45) is 0 Å². The predicted octanol–water partition coefficient (Wildman–Crippen LogP) is 1.46. The van der Waals surface area contributed by atoms with Gasteiger partial charge in [0.2, 0.25) is 5.91 Å². The van der Waals surface area contributed by atoms with Crippen LogP contribution in [0.25, 0.3) is 0 Å². The molecule has 14 heavy (non-hydrogen) atoms. The molecule has 1 N–H and O–H groups in total. The van der Waals surface area contributed by atoms with Crippen molar-refractivity contribution in [1.29, 1.82) is 0 Å². The van der Waals surface area contributed by atoms with Crippen molar-refractivity contribution in [2.45, 2.75) is 11.2 Å². The Morgan fingerprint density at radius 3 is 2.64 bits per heavy atom. The van der Waals surface area contributed by atoms with Crippen LogP contribution in [0.5, 0.6) is 0 Å². The van der Waals surface area contributed by atoms with Crippen LogP contribution in [0.2, 0.25) is 0 Å². The molecule has 1 saturated heterocycles. The fourth-order valence-corrected chi connectivity index (χ4v) is 2.46. The minimum Gasteiger partial charge on any atom is -0.358 e. The molecule has 2 nitrogen and oxygen atoms in total. The van der Waals surface area contributed by atoms with Crippen molar-refractivity contribution < 1.29 is 4.79 Å². The molecule has 0 aliphatic carbocycles. The van der Waals surface area contributed by atoms with E-state index in [4.69, 9.17) is 0 Å². The van der Waals surface area contributed by atoms with Gasteiger partial charge in [-0.15, -0.1) is 11.8 Å². The molecule has 1 fully saturated rings. The Bertz CT molecular complexity index is 332. The highest BCUT2D eigenvalue weighted by Crippen LogP contribution is 2.47. The molecule has 1 amide bonds. The van der Waals surface area contributed by atoms with Gasteiger partial charge in [0.05, 0.1) is 0 Å². The Kier molecular flexibility index (Phi) is 2.50. The minimum atomic E-state index is -0.171. The molecular formula is C11H13NOS. The van der Waals surface area contributed by atoms with Crippen molar-refractivity contribution in [3.05, 3.63) is 35.9 Å². The number of carbonyl (C=O) groups excluding carboxylic acids is 1. The van der Waals surface area contributed by atoms with Crippen LogP contribution in [0, 0.1) is 0 Å². The molecule has 3 heteroatoms. The molecule has 1 aliphatic heterocycles. The van der Waals surface area contributed by atoms with Crippen LogP contribution in [0.1, 0.15) is 5.56 Å². The van der Waals surface area contributed by atoms with Gasteiger partial charge in [-0.2, -0.15) is 0 Å². The molecule has 74 valence electrons. The topological polar surface area (TPSA) is 29.1 Å². The van der Waals surface area contributed by atoms with Crippen LogP contribution >= 0.6 is 11.8 Å². The average molecular weight is 207 g/mol. The molecule has 0 radical (unpaired) electrons. The third-order valence-electron chi connectivity index (χ3n) is 2.47. The highest BCUT2D eigenvalue weighted by Gasteiger charge is 2.50. The summed E-state index contributed by atoms with van der Waals surface area (Å²) in [6.45, 7) is 0. The highest BCUT2D eigenvalue weighted by atomic mass is 32.2. The predicted molar refractivity (Wildman–Crippen MR) is 59.4 cm³/mol. The van der Waals surface area contributed by atoms with Gasteiger partial charge in [-0.25, -0.2) is 0 Å². The van der Waals surface area contributed by atoms with Crippen molar-refractivity contribution in [2.75, 3.05) is 12.8 Å². The van der Waals surface area contributed by atoms with Crippen molar-refractivity contribution in [1.82, 2.24) is 5.32 Å². The minimum absolute atomic E-state index is 0.159. The van der Waals surface area contributed by atoms with E-state index < -0.39 is 0 Å². The maximum Gasteiger partial charge on any atom is 0.237 e. The second kappa shape index (κ2) is 3.65. The Morgan fingerprint density at radius 1 is 1.50 bits per heavy atom. The van der Waals surface area contributed by atoms with E-state index in [1.54, 1.807) is 18.8 Å². The fourth-order valence-electron chi connectivity index (χ4n) is 1.55. The van der Waals surface area contributed by atoms with Crippen molar-refractivity contribution in [3.63, 3.8) is 0 Å². The van der Waals surface area contributed by atoms with E-state index in [0.717, 1.165) is 12.2 Å². The lowest BCUT2D eigenvalue weighted by molar-refractivity contribution is -0.121. The summed E-state index contributed by atoms with van der Waals surface area (Å²) in [6, 6.07) is 10.2. The Morgan fingerprint density at radius 2 is 2.14 bits per heavy atom. The summed E-state index contributed by atoms with van der Waals surface area (Å²) >= 11 is 1.73. The Balaban J connectivity index is 2.08. The number of rotatable bonds is 3. The van der Waals surface area contributed by atoms with Gasteiger partial charge in [-0.3, -0.25) is 4.79 Å². The molecule has 0 aromatic heterocycles. The van der Waals surface area contributed by atoms with E-state index in [2.05, 4.69) is 17.4 Å². The second-order valence-electron chi connectivity index (χ2n) is 3.52. The van der Waals surface area contributed by atoms with E-state index in [0.29, 0.717) is 0 Å². The molecule has 1 aliphatic rings. The van der Waals surface area contributed by atoms with Gasteiger partial charge in [-0.1, -0.05) is 30.3 Å². The van der Waals surface area contributed by atoms with Gasteiger partial charge in [0, 0.05) is 12.8 Å². The monoisotopic (exact) mass is 207 g/mol. The van der Waals surface area contributed by atoms with Crippen molar-refractivity contribution >= 4 is 17.7 Å². The Hall–Kier alpha value is -0.960. The largest absolute Gasteiger partial charge is 0.358 e. The summed E-state index contributed by atoms with van der Waals surface area (Å²) in [6.07, 6.45) is 0.845. The average Bonchev–Trinajstić information content (AvgIpc) is 2.99. The van der Waals surface area contributed by atoms with Crippen LogP contribution in [0.15, 0.2) is 30.3 Å². The first-order valence-corrected chi connectivity index (χ1v) is 5.65. The quantitative estimate of drug-likeness (QED) is 0.760. The number of carbonyl (C=O) groups is 1. The SMILES string of the molecule is CNC(=O)[C@@]1(Cc2ccccc2)CS1. The van der Waals surface area contributed by atoms with Crippen LogP contribution in [-0.2, 0) is 11.2 Å². The molecule has 0 unspecified atom stereocenters. The first kappa shape index (κ1) is 9.59. The molecule has 1 atom stereocenters. The molecule has 0 bridgehead atoms. The fraction of sp³-hybridized carbons (Fsp3) is 0.364. The molecule has 1 heterocycles. The molecule has 2 rings (SSSR count). The van der Waals surface area contributed by atoms with E-state index in [1.807, 2.05) is 18.2 Å². The molecule has 0 saturated carbocycles. The zero-order chi connectivity index (χ0) is 10.0. The normalized spacial score (nSPS) is 24.4. The summed E-state index contributed by atoms with van der Waals surface area (Å²) in [5, 5.41) is 2.73. The number of nitrogens with one attached hydrogen (secondary N) is 1. The van der Waals surface area contributed by atoms with Crippen LogP contribution in [0.3, 0.4) is 0 Å². The second-order valence-corrected chi connectivity index (χ2v) is 4.88. The van der Waals surface area contributed by atoms with E-state index in [9.17, 15) is 4.79 Å². The Labute approximate surface area is 88.1 Å². The van der Waals surface area contributed by atoms with E-state index in [-0.39, 0.29) is 10.7 Å². The lowest BCUT2D eigenvalue weighted by Gasteiger charge is -2.11. The third-order valence-corrected chi connectivity index (χ3v) is 3.78. The molecule has 1 aromatic rings. The highest BCUT2D eigenvalue weighted by molar-refractivity contribution is 8.08. The smallest absolute Gasteiger partial charge is 0.237 e. The van der Waals surface area contributed by atoms with Crippen LogP contribution in [-0.4, -0.2) is 23.5 Å². The van der Waals surface area contributed by atoms with Crippen LogP contribution in [0.4, 0.5) is 0 Å².